The first kappa shape index (κ1) is 13.9. The number of nitrogen functional groups attached to an aromatic ring is 1. The van der Waals surface area contributed by atoms with Crippen molar-refractivity contribution in [1.82, 2.24) is 5.32 Å². The number of nitrogens with one attached hydrogen (secondary N) is 1. The molecule has 3 N–H and O–H groups in total. The Morgan fingerprint density at radius 3 is 2.84 bits per heavy atom. The third kappa shape index (κ3) is 3.28. The smallest absolute Gasteiger partial charge is 0.251 e. The Kier molecular flexibility index (Phi) is 3.83. The normalized spacial score (nSPS) is 21.9. The van der Waals surface area contributed by atoms with Crippen molar-refractivity contribution in [3.05, 3.63) is 29.3 Å². The fourth-order valence-electron chi connectivity index (χ4n) is 2.98. The molecule has 1 amide bonds. The lowest BCUT2D eigenvalue weighted by molar-refractivity contribution is 0.0902. The molecule has 1 aliphatic carbocycles. The number of hydrogen-bond donors (Lipinski definition) is 2. The Balaban J connectivity index is 2.07. The van der Waals surface area contributed by atoms with Gasteiger partial charge < -0.3 is 11.1 Å². The first-order valence-corrected chi connectivity index (χ1v) is 7.05. The SMILES string of the molecule is Cc1c(N)cccc1C(=O)NC1CCCC(C)(C)C1. The predicted octanol–water partition coefficient (Wildman–Crippen LogP) is 3.28. The van der Waals surface area contributed by atoms with E-state index in [1.54, 1.807) is 0 Å². The van der Waals surface area contributed by atoms with Crippen molar-refractivity contribution in [2.45, 2.75) is 52.5 Å². The average Bonchev–Trinajstić information content (AvgIpc) is 2.31. The van der Waals surface area contributed by atoms with Crippen molar-refractivity contribution in [3.8, 4) is 0 Å². The van der Waals surface area contributed by atoms with Gasteiger partial charge in [0.25, 0.3) is 5.91 Å². The van der Waals surface area contributed by atoms with E-state index in [0.29, 0.717) is 16.7 Å². The van der Waals surface area contributed by atoms with E-state index >= 15 is 0 Å². The highest BCUT2D eigenvalue weighted by molar-refractivity contribution is 5.97. The number of carbonyl (C=O) groups excluding carboxylic acids is 1. The van der Waals surface area contributed by atoms with Crippen LogP contribution in [0, 0.1) is 12.3 Å². The zero-order chi connectivity index (χ0) is 14.0. The molecule has 1 saturated carbocycles. The highest BCUT2D eigenvalue weighted by Gasteiger charge is 2.29. The highest BCUT2D eigenvalue weighted by atomic mass is 16.1. The maximum absolute atomic E-state index is 12.3. The Bertz CT molecular complexity index is 480. The number of benzene rings is 1. The van der Waals surface area contributed by atoms with E-state index in [0.717, 1.165) is 18.4 Å². The predicted molar refractivity (Wildman–Crippen MR) is 79.1 cm³/mol. The molecule has 104 valence electrons. The molecule has 0 heterocycles. The molecule has 0 saturated heterocycles. The topological polar surface area (TPSA) is 55.1 Å². The lowest BCUT2D eigenvalue weighted by Gasteiger charge is -2.35. The van der Waals surface area contributed by atoms with Crippen LogP contribution in [0.15, 0.2) is 18.2 Å². The molecule has 1 atom stereocenters. The minimum Gasteiger partial charge on any atom is -0.398 e. The third-order valence-electron chi connectivity index (χ3n) is 4.16. The van der Waals surface area contributed by atoms with E-state index in [1.807, 2.05) is 25.1 Å². The third-order valence-corrected chi connectivity index (χ3v) is 4.16. The van der Waals surface area contributed by atoms with Crippen molar-refractivity contribution >= 4 is 11.6 Å². The summed E-state index contributed by atoms with van der Waals surface area (Å²) in [5, 5.41) is 3.16. The van der Waals surface area contributed by atoms with Crippen molar-refractivity contribution in [2.75, 3.05) is 5.73 Å². The van der Waals surface area contributed by atoms with E-state index < -0.39 is 0 Å². The molecule has 1 aromatic rings. The summed E-state index contributed by atoms with van der Waals surface area (Å²) in [6.07, 6.45) is 4.57. The van der Waals surface area contributed by atoms with Crippen LogP contribution in [0.1, 0.15) is 55.5 Å². The Morgan fingerprint density at radius 2 is 2.16 bits per heavy atom. The van der Waals surface area contributed by atoms with Gasteiger partial charge in [-0.1, -0.05) is 26.3 Å². The molecule has 1 unspecified atom stereocenters. The Morgan fingerprint density at radius 1 is 1.42 bits per heavy atom. The van der Waals surface area contributed by atoms with Gasteiger partial charge in [0.1, 0.15) is 0 Å². The fraction of sp³-hybridized carbons (Fsp3) is 0.562. The number of amides is 1. The summed E-state index contributed by atoms with van der Waals surface area (Å²) in [4.78, 5) is 12.3. The molecule has 0 radical (unpaired) electrons. The molecule has 0 aromatic heterocycles. The van der Waals surface area contributed by atoms with E-state index in [-0.39, 0.29) is 11.9 Å². The van der Waals surface area contributed by atoms with Gasteiger partial charge in [-0.2, -0.15) is 0 Å². The molecule has 3 heteroatoms. The van der Waals surface area contributed by atoms with Gasteiger partial charge in [-0.25, -0.2) is 0 Å². The van der Waals surface area contributed by atoms with Crippen LogP contribution < -0.4 is 11.1 Å². The minimum atomic E-state index is 0.00694. The molecule has 1 fully saturated rings. The molecule has 2 rings (SSSR count). The van der Waals surface area contributed by atoms with Crippen LogP contribution in [0.3, 0.4) is 0 Å². The molecule has 0 aliphatic heterocycles. The van der Waals surface area contributed by atoms with E-state index in [2.05, 4.69) is 19.2 Å². The molecule has 1 aromatic carbocycles. The quantitative estimate of drug-likeness (QED) is 0.802. The monoisotopic (exact) mass is 260 g/mol. The van der Waals surface area contributed by atoms with E-state index in [1.165, 1.54) is 12.8 Å². The summed E-state index contributed by atoms with van der Waals surface area (Å²) in [6, 6.07) is 5.80. The van der Waals surface area contributed by atoms with Crippen LogP contribution in [-0.4, -0.2) is 11.9 Å². The number of carbonyl (C=O) groups is 1. The minimum absolute atomic E-state index is 0.00694. The summed E-state index contributed by atoms with van der Waals surface area (Å²) >= 11 is 0. The zero-order valence-corrected chi connectivity index (χ0v) is 12.1. The van der Waals surface area contributed by atoms with Crippen molar-refractivity contribution < 1.29 is 4.79 Å². The van der Waals surface area contributed by atoms with Crippen molar-refractivity contribution in [2.24, 2.45) is 5.41 Å². The largest absolute Gasteiger partial charge is 0.398 e. The maximum Gasteiger partial charge on any atom is 0.251 e. The molecule has 3 nitrogen and oxygen atoms in total. The van der Waals surface area contributed by atoms with Gasteiger partial charge in [0.15, 0.2) is 0 Å². The fourth-order valence-corrected chi connectivity index (χ4v) is 2.98. The van der Waals surface area contributed by atoms with Crippen LogP contribution in [0.25, 0.3) is 0 Å². The number of nitrogens with two attached hydrogens (primary N) is 1. The lowest BCUT2D eigenvalue weighted by Crippen LogP contribution is -2.40. The van der Waals surface area contributed by atoms with Gasteiger partial charge in [-0.3, -0.25) is 4.79 Å². The molecule has 19 heavy (non-hydrogen) atoms. The number of hydrogen-bond acceptors (Lipinski definition) is 2. The summed E-state index contributed by atoms with van der Waals surface area (Å²) < 4.78 is 0. The van der Waals surface area contributed by atoms with E-state index in [9.17, 15) is 4.79 Å². The molecular weight excluding hydrogens is 236 g/mol. The molecular formula is C16H24N2O. The zero-order valence-electron chi connectivity index (χ0n) is 12.1. The van der Waals surface area contributed by atoms with Gasteiger partial charge in [-0.15, -0.1) is 0 Å². The maximum atomic E-state index is 12.3. The van der Waals surface area contributed by atoms with Gasteiger partial charge in [-0.05, 0) is 49.3 Å². The van der Waals surface area contributed by atoms with Crippen LogP contribution >= 0.6 is 0 Å². The van der Waals surface area contributed by atoms with E-state index in [4.69, 9.17) is 5.73 Å². The lowest BCUT2D eigenvalue weighted by atomic mass is 9.75. The van der Waals surface area contributed by atoms with Crippen LogP contribution in [0.2, 0.25) is 0 Å². The van der Waals surface area contributed by atoms with Gasteiger partial charge >= 0.3 is 0 Å². The van der Waals surface area contributed by atoms with Crippen LogP contribution in [-0.2, 0) is 0 Å². The second-order valence-electron chi connectivity index (χ2n) is 6.45. The average molecular weight is 260 g/mol. The summed E-state index contributed by atoms with van der Waals surface area (Å²) in [5.74, 6) is 0.00694. The van der Waals surface area contributed by atoms with Gasteiger partial charge in [0.2, 0.25) is 0 Å². The Hall–Kier alpha value is -1.51. The first-order valence-electron chi connectivity index (χ1n) is 7.05. The van der Waals surface area contributed by atoms with Crippen LogP contribution in [0.4, 0.5) is 5.69 Å². The second kappa shape index (κ2) is 5.24. The highest BCUT2D eigenvalue weighted by Crippen LogP contribution is 2.35. The summed E-state index contributed by atoms with van der Waals surface area (Å²) in [6.45, 7) is 6.45. The van der Waals surface area contributed by atoms with Gasteiger partial charge in [0.05, 0.1) is 0 Å². The molecule has 1 aliphatic rings. The number of anilines is 1. The van der Waals surface area contributed by atoms with Gasteiger partial charge in [0, 0.05) is 17.3 Å². The summed E-state index contributed by atoms with van der Waals surface area (Å²) in [7, 11) is 0. The molecule has 0 spiro atoms. The first-order chi connectivity index (χ1) is 8.89. The standard InChI is InChI=1S/C16H24N2O/c1-11-13(7-4-8-14(11)17)15(19)18-12-6-5-9-16(2,3)10-12/h4,7-8,12H,5-6,9-10,17H2,1-3H3,(H,18,19). The van der Waals surface area contributed by atoms with Crippen LogP contribution in [0.5, 0.6) is 0 Å². The van der Waals surface area contributed by atoms with Crippen molar-refractivity contribution in [1.29, 1.82) is 0 Å². The second-order valence-corrected chi connectivity index (χ2v) is 6.45. The summed E-state index contributed by atoms with van der Waals surface area (Å²) in [5.41, 5.74) is 8.43. The van der Waals surface area contributed by atoms with Crippen molar-refractivity contribution in [3.63, 3.8) is 0 Å². The Labute approximate surface area is 115 Å². The molecule has 0 bridgehead atoms. The number of rotatable bonds is 2.